The van der Waals surface area contributed by atoms with Crippen molar-refractivity contribution in [3.8, 4) is 16.8 Å². The van der Waals surface area contributed by atoms with Gasteiger partial charge in [0.2, 0.25) is 0 Å². The van der Waals surface area contributed by atoms with Crippen molar-refractivity contribution in [2.24, 2.45) is 0 Å². The number of carbonyl (C=O) groups is 1. The van der Waals surface area contributed by atoms with Gasteiger partial charge in [-0.25, -0.2) is 9.67 Å². The van der Waals surface area contributed by atoms with Crippen molar-refractivity contribution < 1.29 is 15.0 Å². The zero-order valence-corrected chi connectivity index (χ0v) is 19.3. The second-order valence-corrected chi connectivity index (χ2v) is 9.36. The van der Waals surface area contributed by atoms with Crippen LogP contribution in [0.4, 0.5) is 5.82 Å². The van der Waals surface area contributed by atoms with Gasteiger partial charge in [0.25, 0.3) is 0 Å². The number of fused-ring (bicyclic) bond motifs is 1. The zero-order valence-electron chi connectivity index (χ0n) is 17.7. The summed E-state index contributed by atoms with van der Waals surface area (Å²) >= 11 is 3.58. The van der Waals surface area contributed by atoms with Crippen LogP contribution in [0.25, 0.3) is 22.5 Å². The number of halogens is 1. The standard InChI is InChI=1S/C23H23BrN6O3/c24-19-20(14-6-8-23(33,9-7-14)10-18(31)32)28-22-17(12-27-30(22)21(19)25)15-11-26-29(13-15)16-4-2-1-3-5-16/h1-5,11-14,33H,6-10,25H2,(H,31,32)/t14-,23-. The number of carboxylic acid groups (broad SMARTS) is 1. The van der Waals surface area contributed by atoms with Crippen LogP contribution >= 0.6 is 15.9 Å². The van der Waals surface area contributed by atoms with Crippen LogP contribution in [0.15, 0.2) is 53.4 Å². The number of aliphatic hydroxyl groups is 1. The SMILES string of the molecule is Nc1c(Br)c([C@H]2CC[C@@](O)(CC(=O)O)CC2)nc2c(-c3cnn(-c4ccccc4)c3)cnn12. The molecule has 0 radical (unpaired) electrons. The minimum Gasteiger partial charge on any atom is -0.481 e. The first kappa shape index (κ1) is 21.6. The van der Waals surface area contributed by atoms with Crippen LogP contribution in [0.5, 0.6) is 0 Å². The molecule has 9 nitrogen and oxygen atoms in total. The van der Waals surface area contributed by atoms with Crippen molar-refractivity contribution >= 4 is 33.4 Å². The topological polar surface area (TPSA) is 132 Å². The van der Waals surface area contributed by atoms with Gasteiger partial charge in [-0.2, -0.15) is 14.7 Å². The number of benzene rings is 1. The maximum atomic E-state index is 11.1. The van der Waals surface area contributed by atoms with Gasteiger partial charge in [-0.15, -0.1) is 0 Å². The van der Waals surface area contributed by atoms with E-state index in [4.69, 9.17) is 15.8 Å². The summed E-state index contributed by atoms with van der Waals surface area (Å²) in [6.45, 7) is 0. The molecule has 33 heavy (non-hydrogen) atoms. The highest BCUT2D eigenvalue weighted by molar-refractivity contribution is 9.10. The fraction of sp³-hybridized carbons (Fsp3) is 0.304. The Morgan fingerprint density at radius 3 is 2.61 bits per heavy atom. The van der Waals surface area contributed by atoms with Crippen LogP contribution in [0.3, 0.4) is 0 Å². The number of para-hydroxylation sites is 1. The van der Waals surface area contributed by atoms with E-state index in [1.807, 2.05) is 36.5 Å². The van der Waals surface area contributed by atoms with E-state index in [1.165, 1.54) is 0 Å². The lowest BCUT2D eigenvalue weighted by atomic mass is 9.76. The zero-order chi connectivity index (χ0) is 23.2. The van der Waals surface area contributed by atoms with Crippen molar-refractivity contribution in [1.82, 2.24) is 24.4 Å². The minimum atomic E-state index is -1.17. The molecule has 3 aromatic heterocycles. The summed E-state index contributed by atoms with van der Waals surface area (Å²) in [6, 6.07) is 9.83. The highest BCUT2D eigenvalue weighted by Crippen LogP contribution is 2.43. The molecule has 5 rings (SSSR count). The Labute approximate surface area is 198 Å². The van der Waals surface area contributed by atoms with Crippen LogP contribution in [0.1, 0.15) is 43.7 Å². The summed E-state index contributed by atoms with van der Waals surface area (Å²) in [7, 11) is 0. The number of carboxylic acids is 1. The van der Waals surface area contributed by atoms with Crippen molar-refractivity contribution in [1.29, 1.82) is 0 Å². The van der Waals surface area contributed by atoms with E-state index in [1.54, 1.807) is 21.6 Å². The van der Waals surface area contributed by atoms with Crippen LogP contribution in [0.2, 0.25) is 0 Å². The van der Waals surface area contributed by atoms with Gasteiger partial charge in [-0.05, 0) is 53.7 Å². The van der Waals surface area contributed by atoms with Crippen molar-refractivity contribution in [3.05, 3.63) is 59.1 Å². The second-order valence-electron chi connectivity index (χ2n) is 8.57. The number of nitrogens with two attached hydrogens (primary N) is 1. The summed E-state index contributed by atoms with van der Waals surface area (Å²) in [4.78, 5) is 16.0. The first-order chi connectivity index (χ1) is 15.8. The molecule has 0 atom stereocenters. The molecule has 170 valence electrons. The highest BCUT2D eigenvalue weighted by atomic mass is 79.9. The van der Waals surface area contributed by atoms with Crippen LogP contribution in [-0.4, -0.2) is 46.2 Å². The lowest BCUT2D eigenvalue weighted by molar-refractivity contribution is -0.144. The van der Waals surface area contributed by atoms with E-state index in [0.29, 0.717) is 41.6 Å². The van der Waals surface area contributed by atoms with Gasteiger partial charge in [-0.3, -0.25) is 4.79 Å². The predicted octanol–water partition coefficient (Wildman–Crippen LogP) is 3.79. The van der Waals surface area contributed by atoms with Crippen molar-refractivity contribution in [2.45, 2.75) is 43.6 Å². The lowest BCUT2D eigenvalue weighted by Crippen LogP contribution is -2.36. The Balaban J connectivity index is 1.49. The van der Waals surface area contributed by atoms with Gasteiger partial charge < -0.3 is 15.9 Å². The molecular weight excluding hydrogens is 488 g/mol. The fourth-order valence-corrected chi connectivity index (χ4v) is 5.14. The summed E-state index contributed by atoms with van der Waals surface area (Å²) in [5, 5.41) is 28.6. The smallest absolute Gasteiger partial charge is 0.306 e. The van der Waals surface area contributed by atoms with E-state index in [9.17, 15) is 9.90 Å². The Morgan fingerprint density at radius 1 is 1.18 bits per heavy atom. The van der Waals surface area contributed by atoms with E-state index in [-0.39, 0.29) is 12.3 Å². The molecule has 1 aliphatic carbocycles. The molecule has 0 aliphatic heterocycles. The molecule has 3 heterocycles. The van der Waals surface area contributed by atoms with Gasteiger partial charge in [0.15, 0.2) is 5.65 Å². The Bertz CT molecular complexity index is 1320. The van der Waals surface area contributed by atoms with Gasteiger partial charge in [0.1, 0.15) is 5.82 Å². The summed E-state index contributed by atoms with van der Waals surface area (Å²) in [5.74, 6) is -0.487. The molecule has 1 saturated carbocycles. The molecule has 1 fully saturated rings. The minimum absolute atomic E-state index is 0.0514. The maximum absolute atomic E-state index is 11.1. The molecule has 1 aliphatic rings. The normalized spacial score (nSPS) is 20.8. The van der Waals surface area contributed by atoms with E-state index in [2.05, 4.69) is 26.1 Å². The molecule has 4 N–H and O–H groups in total. The third-order valence-corrected chi connectivity index (χ3v) is 7.16. The Hall–Kier alpha value is -3.24. The second kappa shape index (κ2) is 8.27. The molecule has 10 heteroatoms. The highest BCUT2D eigenvalue weighted by Gasteiger charge is 2.37. The largest absolute Gasteiger partial charge is 0.481 e. The number of nitrogens with zero attached hydrogens (tertiary/aromatic N) is 5. The van der Waals surface area contributed by atoms with Gasteiger partial charge >= 0.3 is 5.97 Å². The van der Waals surface area contributed by atoms with E-state index in [0.717, 1.165) is 22.5 Å². The summed E-state index contributed by atoms with van der Waals surface area (Å²) < 4.78 is 4.08. The first-order valence-electron chi connectivity index (χ1n) is 10.7. The van der Waals surface area contributed by atoms with Crippen LogP contribution in [0, 0.1) is 0 Å². The number of aromatic nitrogens is 5. The van der Waals surface area contributed by atoms with Crippen molar-refractivity contribution in [3.63, 3.8) is 0 Å². The third kappa shape index (κ3) is 4.00. The summed E-state index contributed by atoms with van der Waals surface area (Å²) in [6.07, 6.45) is 7.25. The number of nitrogen functional groups attached to an aromatic ring is 1. The average molecular weight is 511 g/mol. The van der Waals surface area contributed by atoms with Gasteiger partial charge in [0.05, 0.1) is 40.3 Å². The molecule has 0 unspecified atom stereocenters. The molecule has 0 amide bonds. The third-order valence-electron chi connectivity index (χ3n) is 6.35. The number of hydrogen-bond donors (Lipinski definition) is 3. The molecule has 0 saturated heterocycles. The van der Waals surface area contributed by atoms with Gasteiger partial charge in [-0.1, -0.05) is 18.2 Å². The Kier molecular flexibility index (Phi) is 5.41. The number of hydrogen-bond acceptors (Lipinski definition) is 6. The molecule has 0 bridgehead atoms. The average Bonchev–Trinajstić information content (AvgIpc) is 3.44. The molecule has 1 aromatic carbocycles. The predicted molar refractivity (Wildman–Crippen MR) is 126 cm³/mol. The molecular formula is C23H23BrN6O3. The van der Waals surface area contributed by atoms with Crippen LogP contribution in [-0.2, 0) is 4.79 Å². The summed E-state index contributed by atoms with van der Waals surface area (Å²) in [5.41, 5.74) is 9.30. The van der Waals surface area contributed by atoms with E-state index >= 15 is 0 Å². The Morgan fingerprint density at radius 2 is 1.91 bits per heavy atom. The number of anilines is 1. The van der Waals surface area contributed by atoms with Gasteiger partial charge in [0, 0.05) is 23.2 Å². The van der Waals surface area contributed by atoms with E-state index < -0.39 is 11.6 Å². The van der Waals surface area contributed by atoms with Crippen molar-refractivity contribution in [2.75, 3.05) is 5.73 Å². The monoisotopic (exact) mass is 510 g/mol. The quantitative estimate of drug-likeness (QED) is 0.372. The lowest BCUT2D eigenvalue weighted by Gasteiger charge is -2.35. The molecule has 0 spiro atoms. The first-order valence-corrected chi connectivity index (χ1v) is 11.5. The number of aliphatic carboxylic acids is 1. The van der Waals surface area contributed by atoms with Crippen LogP contribution < -0.4 is 5.73 Å². The number of rotatable bonds is 5. The maximum Gasteiger partial charge on any atom is 0.306 e. The molecule has 4 aromatic rings. The fourth-order valence-electron chi connectivity index (χ4n) is 4.56.